The molecule has 2 aliphatic heterocycles. The number of nitrogens with zero attached hydrogens (tertiary/aromatic N) is 6. The SMILES string of the molecule is COc1ccc(/C=C/C(=O)N(Cc2ccc(N3CCN(C(C)=O)CC3)cc2)C(Cc2ccccc2)C(=O)N2CCN(Cc3ccc(N(C)C)cc3)CC2)cc1. The zero-order chi connectivity index (χ0) is 38.7. The van der Waals surface area contributed by atoms with E-state index in [1.165, 1.54) is 11.3 Å². The summed E-state index contributed by atoms with van der Waals surface area (Å²) in [6, 6.07) is 33.7. The number of methoxy groups -OCH3 is 1. The van der Waals surface area contributed by atoms with Gasteiger partial charge in [-0.05, 0) is 64.7 Å². The summed E-state index contributed by atoms with van der Waals surface area (Å²) in [5.41, 5.74) is 6.29. The lowest BCUT2D eigenvalue weighted by Gasteiger charge is -2.39. The summed E-state index contributed by atoms with van der Waals surface area (Å²) in [7, 11) is 5.71. The minimum absolute atomic E-state index is 0.0370. The number of ether oxygens (including phenoxy) is 1. The molecule has 4 aromatic carbocycles. The van der Waals surface area contributed by atoms with Crippen molar-refractivity contribution in [3.63, 3.8) is 0 Å². The monoisotopic (exact) mass is 742 g/mol. The maximum atomic E-state index is 14.7. The highest BCUT2D eigenvalue weighted by Gasteiger charge is 2.34. The molecule has 10 nitrogen and oxygen atoms in total. The summed E-state index contributed by atoms with van der Waals surface area (Å²) in [6.45, 7) is 8.34. The Hall–Kier alpha value is -5.61. The molecule has 0 aromatic heterocycles. The average Bonchev–Trinajstić information content (AvgIpc) is 3.22. The predicted octanol–water partition coefficient (Wildman–Crippen LogP) is 5.43. The summed E-state index contributed by atoms with van der Waals surface area (Å²) < 4.78 is 5.32. The van der Waals surface area contributed by atoms with E-state index in [2.05, 4.69) is 51.1 Å². The molecule has 2 heterocycles. The lowest BCUT2D eigenvalue weighted by atomic mass is 10.0. The fraction of sp³-hybridized carbons (Fsp3) is 0.356. The van der Waals surface area contributed by atoms with Gasteiger partial charge in [0.25, 0.3) is 0 Å². The molecule has 1 atom stereocenters. The molecular formula is C45H54N6O4. The molecule has 0 bridgehead atoms. The number of carbonyl (C=O) groups excluding carboxylic acids is 3. The van der Waals surface area contributed by atoms with E-state index < -0.39 is 6.04 Å². The van der Waals surface area contributed by atoms with Gasteiger partial charge in [0, 0.05) is 110 Å². The molecule has 4 aromatic rings. The van der Waals surface area contributed by atoms with Gasteiger partial charge < -0.3 is 29.2 Å². The van der Waals surface area contributed by atoms with Crippen LogP contribution in [0, 0.1) is 0 Å². The minimum atomic E-state index is -0.708. The Bertz CT molecular complexity index is 1880. The number of piperazine rings is 2. The second kappa shape index (κ2) is 18.6. The van der Waals surface area contributed by atoms with Gasteiger partial charge in [-0.3, -0.25) is 19.3 Å². The summed E-state index contributed by atoms with van der Waals surface area (Å²) in [5, 5.41) is 0. The Kier molecular flexibility index (Phi) is 13.2. The van der Waals surface area contributed by atoms with Gasteiger partial charge in [-0.2, -0.15) is 0 Å². The van der Waals surface area contributed by atoms with Crippen LogP contribution in [0.1, 0.15) is 29.2 Å². The summed E-state index contributed by atoms with van der Waals surface area (Å²) in [5.74, 6) is 0.581. The first kappa shape index (κ1) is 39.1. The molecule has 0 saturated carbocycles. The van der Waals surface area contributed by atoms with Crippen molar-refractivity contribution < 1.29 is 19.1 Å². The maximum Gasteiger partial charge on any atom is 0.247 e. The molecular weight excluding hydrogens is 689 g/mol. The fourth-order valence-corrected chi connectivity index (χ4v) is 7.27. The van der Waals surface area contributed by atoms with Crippen molar-refractivity contribution in [1.82, 2.24) is 19.6 Å². The van der Waals surface area contributed by atoms with Crippen LogP contribution in [-0.4, -0.2) is 117 Å². The van der Waals surface area contributed by atoms with E-state index in [0.717, 1.165) is 60.9 Å². The Morgan fingerprint density at radius 1 is 0.709 bits per heavy atom. The van der Waals surface area contributed by atoms with E-state index in [1.807, 2.05) is 90.6 Å². The van der Waals surface area contributed by atoms with Crippen molar-refractivity contribution in [1.29, 1.82) is 0 Å². The van der Waals surface area contributed by atoms with Crippen molar-refractivity contribution >= 4 is 35.2 Å². The molecule has 1 unspecified atom stereocenters. The fourth-order valence-electron chi connectivity index (χ4n) is 7.27. The van der Waals surface area contributed by atoms with Gasteiger partial charge in [0.05, 0.1) is 7.11 Å². The third-order valence-corrected chi connectivity index (χ3v) is 10.7. The van der Waals surface area contributed by atoms with Crippen LogP contribution in [0.25, 0.3) is 6.08 Å². The van der Waals surface area contributed by atoms with Gasteiger partial charge in [0.1, 0.15) is 11.8 Å². The lowest BCUT2D eigenvalue weighted by molar-refractivity contribution is -0.145. The van der Waals surface area contributed by atoms with Gasteiger partial charge in [-0.15, -0.1) is 0 Å². The van der Waals surface area contributed by atoms with Crippen LogP contribution < -0.4 is 14.5 Å². The topological polar surface area (TPSA) is 79.9 Å². The highest BCUT2D eigenvalue weighted by atomic mass is 16.5. The molecule has 0 aliphatic carbocycles. The quantitative estimate of drug-likeness (QED) is 0.169. The van der Waals surface area contributed by atoms with Gasteiger partial charge in [0.15, 0.2) is 0 Å². The molecule has 2 fully saturated rings. The average molecular weight is 743 g/mol. The van der Waals surface area contributed by atoms with Crippen LogP contribution >= 0.6 is 0 Å². The molecule has 10 heteroatoms. The van der Waals surface area contributed by atoms with Crippen LogP contribution in [0.2, 0.25) is 0 Å². The number of hydrogen-bond donors (Lipinski definition) is 0. The summed E-state index contributed by atoms with van der Waals surface area (Å²) in [4.78, 5) is 53.3. The predicted molar refractivity (Wildman–Crippen MR) is 220 cm³/mol. The zero-order valence-corrected chi connectivity index (χ0v) is 32.6. The minimum Gasteiger partial charge on any atom is -0.497 e. The van der Waals surface area contributed by atoms with Crippen molar-refractivity contribution in [3.8, 4) is 5.75 Å². The first-order valence-corrected chi connectivity index (χ1v) is 19.2. The van der Waals surface area contributed by atoms with E-state index in [0.29, 0.717) is 32.6 Å². The number of hydrogen-bond acceptors (Lipinski definition) is 7. The van der Waals surface area contributed by atoms with Crippen LogP contribution in [-0.2, 0) is 33.9 Å². The van der Waals surface area contributed by atoms with E-state index in [1.54, 1.807) is 31.1 Å². The van der Waals surface area contributed by atoms with E-state index in [9.17, 15) is 14.4 Å². The molecule has 0 spiro atoms. The standard InChI is InChI=1S/C45H54N6O4/c1-35(52)48-28-30-49(31-29-48)41-19-12-39(13-20-41)34-51(44(53)23-16-36-14-21-42(55-4)22-15-36)43(32-37-8-6-5-7-9-37)45(54)50-26-24-47(25-27-50)33-38-10-17-40(18-11-38)46(2)3/h5-23,43H,24-34H2,1-4H3/b23-16+. The Morgan fingerprint density at radius 3 is 1.93 bits per heavy atom. The largest absolute Gasteiger partial charge is 0.497 e. The number of rotatable bonds is 13. The van der Waals surface area contributed by atoms with Crippen LogP contribution in [0.3, 0.4) is 0 Å². The molecule has 2 saturated heterocycles. The Morgan fingerprint density at radius 2 is 1.33 bits per heavy atom. The normalized spacial score (nSPS) is 15.5. The van der Waals surface area contributed by atoms with Crippen molar-refractivity contribution in [3.05, 3.63) is 131 Å². The van der Waals surface area contributed by atoms with E-state index in [4.69, 9.17) is 4.74 Å². The number of anilines is 2. The number of benzene rings is 4. The molecule has 2 aliphatic rings. The summed E-state index contributed by atoms with van der Waals surface area (Å²) in [6.07, 6.45) is 3.78. The molecule has 288 valence electrons. The molecule has 0 N–H and O–H groups in total. The summed E-state index contributed by atoms with van der Waals surface area (Å²) >= 11 is 0. The lowest BCUT2D eigenvalue weighted by Crippen LogP contribution is -2.56. The van der Waals surface area contributed by atoms with E-state index >= 15 is 0 Å². The third-order valence-electron chi connectivity index (χ3n) is 10.7. The smallest absolute Gasteiger partial charge is 0.247 e. The molecule has 3 amide bonds. The van der Waals surface area contributed by atoms with Crippen molar-refractivity contribution in [2.75, 3.05) is 83.4 Å². The second-order valence-electron chi connectivity index (χ2n) is 14.6. The van der Waals surface area contributed by atoms with Crippen molar-refractivity contribution in [2.24, 2.45) is 0 Å². The molecule has 6 rings (SSSR count). The van der Waals surface area contributed by atoms with Crippen LogP contribution in [0.5, 0.6) is 5.75 Å². The first-order valence-electron chi connectivity index (χ1n) is 19.2. The molecule has 55 heavy (non-hydrogen) atoms. The number of carbonyl (C=O) groups is 3. The zero-order valence-electron chi connectivity index (χ0n) is 32.6. The van der Waals surface area contributed by atoms with Gasteiger partial charge >= 0.3 is 0 Å². The van der Waals surface area contributed by atoms with Crippen LogP contribution in [0.4, 0.5) is 11.4 Å². The maximum absolute atomic E-state index is 14.7. The van der Waals surface area contributed by atoms with Crippen LogP contribution in [0.15, 0.2) is 109 Å². The van der Waals surface area contributed by atoms with Gasteiger partial charge in [-0.25, -0.2) is 0 Å². The molecule has 0 radical (unpaired) electrons. The van der Waals surface area contributed by atoms with Gasteiger partial charge in [0.2, 0.25) is 17.7 Å². The highest BCUT2D eigenvalue weighted by molar-refractivity contribution is 5.96. The third kappa shape index (κ3) is 10.5. The van der Waals surface area contributed by atoms with E-state index in [-0.39, 0.29) is 24.3 Å². The van der Waals surface area contributed by atoms with Crippen molar-refractivity contribution in [2.45, 2.75) is 32.5 Å². The Labute approximate surface area is 326 Å². The second-order valence-corrected chi connectivity index (χ2v) is 14.6. The van der Waals surface area contributed by atoms with Gasteiger partial charge in [-0.1, -0.05) is 66.7 Å². The number of amides is 3. The first-order chi connectivity index (χ1) is 26.7. The Balaban J connectivity index is 1.22. The highest BCUT2D eigenvalue weighted by Crippen LogP contribution is 2.23.